The fourth-order valence-electron chi connectivity index (χ4n) is 2.42. The van der Waals surface area contributed by atoms with Gasteiger partial charge in [0.2, 0.25) is 0 Å². The van der Waals surface area contributed by atoms with Gasteiger partial charge in [0.25, 0.3) is 0 Å². The van der Waals surface area contributed by atoms with Gasteiger partial charge in [-0.2, -0.15) is 0 Å². The predicted octanol–water partition coefficient (Wildman–Crippen LogP) is 3.46. The number of rotatable bonds is 3. The Hall–Kier alpha value is -2.55. The van der Waals surface area contributed by atoms with Crippen molar-refractivity contribution in [3.05, 3.63) is 60.3 Å². The van der Waals surface area contributed by atoms with E-state index in [0.717, 1.165) is 27.6 Å². The monoisotopic (exact) mass is 251 g/mol. The van der Waals surface area contributed by atoms with Crippen LogP contribution in [-0.2, 0) is 11.2 Å². The van der Waals surface area contributed by atoms with Gasteiger partial charge in [-0.25, -0.2) is 0 Å². The number of hydrogen-bond donors (Lipinski definition) is 2. The Kier molecular flexibility index (Phi) is 2.80. The summed E-state index contributed by atoms with van der Waals surface area (Å²) in [7, 11) is 0. The molecule has 3 nitrogen and oxygen atoms in total. The van der Waals surface area contributed by atoms with E-state index in [9.17, 15) is 4.79 Å². The Morgan fingerprint density at radius 2 is 1.84 bits per heavy atom. The summed E-state index contributed by atoms with van der Waals surface area (Å²) in [5.74, 6) is -0.816. The molecule has 0 aliphatic carbocycles. The van der Waals surface area contributed by atoms with Crippen LogP contribution in [0.25, 0.3) is 22.0 Å². The number of hydrogen-bond acceptors (Lipinski definition) is 1. The highest BCUT2D eigenvalue weighted by atomic mass is 16.4. The molecule has 0 saturated heterocycles. The summed E-state index contributed by atoms with van der Waals surface area (Å²) in [5.41, 5.74) is 3.95. The lowest BCUT2D eigenvalue weighted by Crippen LogP contribution is -1.99. The number of carbonyl (C=O) groups is 1. The van der Waals surface area contributed by atoms with Crippen molar-refractivity contribution in [3.63, 3.8) is 0 Å². The van der Waals surface area contributed by atoms with Gasteiger partial charge in [-0.3, -0.25) is 4.79 Å². The van der Waals surface area contributed by atoms with Gasteiger partial charge in [-0.15, -0.1) is 0 Å². The van der Waals surface area contributed by atoms with E-state index in [1.54, 1.807) is 6.20 Å². The number of aromatic nitrogens is 1. The van der Waals surface area contributed by atoms with Crippen LogP contribution in [0.5, 0.6) is 0 Å². The minimum Gasteiger partial charge on any atom is -0.481 e. The van der Waals surface area contributed by atoms with Gasteiger partial charge in [-0.1, -0.05) is 42.5 Å². The number of benzene rings is 2. The molecule has 0 unspecified atom stereocenters. The predicted molar refractivity (Wildman–Crippen MR) is 75.1 cm³/mol. The van der Waals surface area contributed by atoms with Gasteiger partial charge in [0.15, 0.2) is 0 Å². The molecule has 94 valence electrons. The normalized spacial score (nSPS) is 10.7. The van der Waals surface area contributed by atoms with Gasteiger partial charge in [0.05, 0.1) is 6.42 Å². The Morgan fingerprint density at radius 3 is 2.58 bits per heavy atom. The molecular formula is C16H13NO2. The van der Waals surface area contributed by atoms with Crippen LogP contribution >= 0.6 is 0 Å². The molecule has 0 radical (unpaired) electrons. The molecular weight excluding hydrogens is 238 g/mol. The largest absolute Gasteiger partial charge is 0.481 e. The Morgan fingerprint density at radius 1 is 1.05 bits per heavy atom. The van der Waals surface area contributed by atoms with Crippen LogP contribution < -0.4 is 0 Å². The van der Waals surface area contributed by atoms with Gasteiger partial charge >= 0.3 is 5.97 Å². The van der Waals surface area contributed by atoms with Crippen molar-refractivity contribution in [2.24, 2.45) is 0 Å². The van der Waals surface area contributed by atoms with Crippen molar-refractivity contribution in [2.75, 3.05) is 0 Å². The van der Waals surface area contributed by atoms with E-state index in [4.69, 9.17) is 5.11 Å². The molecule has 3 rings (SSSR count). The fraction of sp³-hybridized carbons (Fsp3) is 0.0625. The zero-order valence-electron chi connectivity index (χ0n) is 10.3. The van der Waals surface area contributed by atoms with Crippen molar-refractivity contribution in [3.8, 4) is 11.1 Å². The van der Waals surface area contributed by atoms with Crippen LogP contribution in [0.1, 0.15) is 5.56 Å². The molecule has 0 aliphatic rings. The molecule has 0 aliphatic heterocycles. The number of aromatic amines is 1. The average Bonchev–Trinajstić information content (AvgIpc) is 2.82. The second-order valence-electron chi connectivity index (χ2n) is 4.48. The van der Waals surface area contributed by atoms with Crippen LogP contribution in [0.4, 0.5) is 0 Å². The summed E-state index contributed by atoms with van der Waals surface area (Å²) < 4.78 is 0. The Bertz CT molecular complexity index is 729. The Balaban J connectivity index is 2.24. The van der Waals surface area contributed by atoms with E-state index < -0.39 is 5.97 Å². The lowest BCUT2D eigenvalue weighted by molar-refractivity contribution is -0.136. The van der Waals surface area contributed by atoms with Crippen molar-refractivity contribution < 1.29 is 9.90 Å². The summed E-state index contributed by atoms with van der Waals surface area (Å²) in [6, 6.07) is 16.0. The maximum absolute atomic E-state index is 10.9. The number of carboxylic acids is 1. The van der Waals surface area contributed by atoms with E-state index >= 15 is 0 Å². The third kappa shape index (κ3) is 2.10. The van der Waals surface area contributed by atoms with Crippen molar-refractivity contribution in [2.45, 2.75) is 6.42 Å². The van der Waals surface area contributed by atoms with E-state index in [-0.39, 0.29) is 6.42 Å². The molecule has 0 spiro atoms. The first-order chi connectivity index (χ1) is 9.25. The van der Waals surface area contributed by atoms with Gasteiger partial charge in [0.1, 0.15) is 0 Å². The molecule has 2 N–H and O–H groups in total. The second-order valence-corrected chi connectivity index (χ2v) is 4.48. The number of H-pyrrole nitrogens is 1. The molecule has 2 aromatic carbocycles. The molecule has 19 heavy (non-hydrogen) atoms. The SMILES string of the molecule is O=C(O)Cc1c[nH]c2cccc(-c3ccccc3)c12. The van der Waals surface area contributed by atoms with Gasteiger partial charge in [0, 0.05) is 17.1 Å². The first-order valence-corrected chi connectivity index (χ1v) is 6.12. The van der Waals surface area contributed by atoms with E-state index in [0.29, 0.717) is 0 Å². The van der Waals surface area contributed by atoms with Gasteiger partial charge in [-0.05, 0) is 22.8 Å². The average molecular weight is 251 g/mol. The standard InChI is InChI=1S/C16H13NO2/c18-15(19)9-12-10-17-14-8-4-7-13(16(12)14)11-5-2-1-3-6-11/h1-8,10,17H,9H2,(H,18,19). The minimum absolute atomic E-state index is 0.0316. The third-order valence-corrected chi connectivity index (χ3v) is 3.21. The van der Waals surface area contributed by atoms with Crippen LogP contribution in [0.15, 0.2) is 54.7 Å². The Labute approximate surface area is 110 Å². The molecule has 0 saturated carbocycles. The first-order valence-electron chi connectivity index (χ1n) is 6.12. The second kappa shape index (κ2) is 4.61. The molecule has 1 aromatic heterocycles. The minimum atomic E-state index is -0.816. The summed E-state index contributed by atoms with van der Waals surface area (Å²) in [6.07, 6.45) is 1.81. The summed E-state index contributed by atoms with van der Waals surface area (Å²) in [6.45, 7) is 0. The molecule has 0 bridgehead atoms. The lowest BCUT2D eigenvalue weighted by atomic mass is 9.98. The summed E-state index contributed by atoms with van der Waals surface area (Å²) >= 11 is 0. The molecule has 3 heteroatoms. The van der Waals surface area contributed by atoms with Crippen LogP contribution in [-0.4, -0.2) is 16.1 Å². The topological polar surface area (TPSA) is 53.1 Å². The maximum Gasteiger partial charge on any atom is 0.307 e. The van der Waals surface area contributed by atoms with Crippen LogP contribution in [0.2, 0.25) is 0 Å². The first kappa shape index (κ1) is 11.5. The highest BCUT2D eigenvalue weighted by Gasteiger charge is 2.12. The van der Waals surface area contributed by atoms with Crippen molar-refractivity contribution in [1.29, 1.82) is 0 Å². The number of carboxylic acid groups (broad SMARTS) is 1. The summed E-state index contributed by atoms with van der Waals surface area (Å²) in [4.78, 5) is 14.1. The fourth-order valence-corrected chi connectivity index (χ4v) is 2.42. The molecule has 0 amide bonds. The maximum atomic E-state index is 10.9. The lowest BCUT2D eigenvalue weighted by Gasteiger charge is -2.05. The number of fused-ring (bicyclic) bond motifs is 1. The third-order valence-electron chi connectivity index (χ3n) is 3.21. The highest BCUT2D eigenvalue weighted by molar-refractivity contribution is 5.99. The molecule has 1 heterocycles. The van der Waals surface area contributed by atoms with E-state index in [1.807, 2.05) is 48.5 Å². The molecule has 3 aromatic rings. The van der Waals surface area contributed by atoms with Crippen LogP contribution in [0, 0.1) is 0 Å². The molecule has 0 fully saturated rings. The zero-order valence-corrected chi connectivity index (χ0v) is 10.3. The quantitative estimate of drug-likeness (QED) is 0.749. The zero-order chi connectivity index (χ0) is 13.2. The summed E-state index contributed by atoms with van der Waals surface area (Å²) in [5, 5.41) is 9.99. The smallest absolute Gasteiger partial charge is 0.307 e. The number of aliphatic carboxylic acids is 1. The molecule has 0 atom stereocenters. The highest BCUT2D eigenvalue weighted by Crippen LogP contribution is 2.31. The number of nitrogens with one attached hydrogen (secondary N) is 1. The van der Waals surface area contributed by atoms with Crippen LogP contribution in [0.3, 0.4) is 0 Å². The van der Waals surface area contributed by atoms with E-state index in [1.165, 1.54) is 0 Å². The van der Waals surface area contributed by atoms with Crippen molar-refractivity contribution >= 4 is 16.9 Å². The van der Waals surface area contributed by atoms with Gasteiger partial charge < -0.3 is 10.1 Å². The van der Waals surface area contributed by atoms with Crippen molar-refractivity contribution in [1.82, 2.24) is 4.98 Å². The van der Waals surface area contributed by atoms with E-state index in [2.05, 4.69) is 4.98 Å².